The van der Waals surface area contributed by atoms with Crippen LogP contribution in [0.2, 0.25) is 5.02 Å². The van der Waals surface area contributed by atoms with E-state index in [1.807, 2.05) is 13.8 Å². The first-order chi connectivity index (χ1) is 9.12. The monoisotopic (exact) mass is 383 g/mol. The van der Waals surface area contributed by atoms with Crippen LogP contribution in [0.5, 0.6) is 0 Å². The lowest BCUT2D eigenvalue weighted by molar-refractivity contribution is 0.0488. The zero-order valence-electron chi connectivity index (χ0n) is 11.0. The third-order valence-electron chi connectivity index (χ3n) is 2.48. The summed E-state index contributed by atoms with van der Waals surface area (Å²) in [6.45, 7) is 4.24. The van der Waals surface area contributed by atoms with E-state index in [1.54, 1.807) is 0 Å². The number of primary sulfonamides is 1. The Morgan fingerprint density at radius 1 is 1.45 bits per heavy atom. The lowest BCUT2D eigenvalue weighted by atomic mass is 10.1. The fourth-order valence-corrected chi connectivity index (χ4v) is 3.37. The van der Waals surface area contributed by atoms with E-state index in [9.17, 15) is 13.2 Å². The number of hydrogen-bond acceptors (Lipinski definition) is 4. The minimum Gasteiger partial charge on any atom is -0.462 e. The van der Waals surface area contributed by atoms with Crippen molar-refractivity contribution >= 4 is 43.5 Å². The van der Waals surface area contributed by atoms with E-state index in [1.165, 1.54) is 6.07 Å². The van der Waals surface area contributed by atoms with Crippen LogP contribution in [0.4, 0.5) is 0 Å². The molecule has 0 aliphatic rings. The molecule has 0 spiro atoms. The average molecular weight is 385 g/mol. The topological polar surface area (TPSA) is 86.5 Å². The molecular formula is C12H15BrClNO4S. The van der Waals surface area contributed by atoms with Gasteiger partial charge in [0.2, 0.25) is 10.0 Å². The largest absolute Gasteiger partial charge is 0.462 e. The second-order valence-electron chi connectivity index (χ2n) is 4.63. The molecule has 112 valence electrons. The maximum absolute atomic E-state index is 11.9. The predicted octanol–water partition coefficient (Wildman–Crippen LogP) is 2.95. The predicted molar refractivity (Wildman–Crippen MR) is 80.3 cm³/mol. The van der Waals surface area contributed by atoms with Gasteiger partial charge in [0.05, 0.1) is 22.1 Å². The van der Waals surface area contributed by atoms with Crippen LogP contribution in [0.15, 0.2) is 21.5 Å². The molecule has 1 rings (SSSR count). The standard InChI is InChI=1S/C12H15BrClNO4S/c1-7(2)3-4-19-12(16)8-5-11(20(15,17)18)9(13)6-10(8)14/h5-7H,3-4H2,1-2H3,(H2,15,17,18). The number of benzene rings is 1. The van der Waals surface area contributed by atoms with Crippen LogP contribution in [0, 0.1) is 5.92 Å². The Morgan fingerprint density at radius 2 is 2.05 bits per heavy atom. The number of nitrogens with two attached hydrogens (primary N) is 1. The molecule has 0 heterocycles. The molecule has 0 unspecified atom stereocenters. The van der Waals surface area contributed by atoms with Crippen LogP contribution in [0.1, 0.15) is 30.6 Å². The molecule has 1 aromatic rings. The summed E-state index contributed by atoms with van der Waals surface area (Å²) in [6, 6.07) is 2.42. The quantitative estimate of drug-likeness (QED) is 0.791. The summed E-state index contributed by atoms with van der Waals surface area (Å²) < 4.78 is 28.0. The summed E-state index contributed by atoms with van der Waals surface area (Å²) >= 11 is 8.96. The first kappa shape index (κ1) is 17.4. The molecule has 0 aromatic heterocycles. The van der Waals surface area contributed by atoms with Gasteiger partial charge in [0.15, 0.2) is 0 Å². The third-order valence-corrected chi connectivity index (χ3v) is 4.66. The molecule has 2 N–H and O–H groups in total. The van der Waals surface area contributed by atoms with Crippen molar-refractivity contribution in [3.05, 3.63) is 27.2 Å². The summed E-state index contributed by atoms with van der Waals surface area (Å²) in [7, 11) is -3.95. The van der Waals surface area contributed by atoms with Gasteiger partial charge >= 0.3 is 5.97 Å². The number of esters is 1. The van der Waals surface area contributed by atoms with E-state index < -0.39 is 16.0 Å². The van der Waals surface area contributed by atoms with E-state index in [2.05, 4.69) is 15.9 Å². The number of rotatable bonds is 5. The molecule has 8 heteroatoms. The molecule has 0 radical (unpaired) electrons. The number of sulfonamides is 1. The van der Waals surface area contributed by atoms with Gasteiger partial charge in [-0.2, -0.15) is 0 Å². The van der Waals surface area contributed by atoms with Crippen molar-refractivity contribution < 1.29 is 17.9 Å². The second kappa shape index (κ2) is 6.89. The van der Waals surface area contributed by atoms with Crippen LogP contribution < -0.4 is 5.14 Å². The highest BCUT2D eigenvalue weighted by molar-refractivity contribution is 9.10. The lowest BCUT2D eigenvalue weighted by Gasteiger charge is -2.10. The average Bonchev–Trinajstić information content (AvgIpc) is 2.26. The Bertz CT molecular complexity index is 616. The fourth-order valence-electron chi connectivity index (χ4n) is 1.37. The summed E-state index contributed by atoms with van der Waals surface area (Å²) in [5, 5.41) is 5.16. The van der Waals surface area contributed by atoms with Crippen LogP contribution in [-0.4, -0.2) is 21.0 Å². The zero-order valence-corrected chi connectivity index (χ0v) is 14.2. The normalized spacial score (nSPS) is 11.7. The van der Waals surface area contributed by atoms with Crippen molar-refractivity contribution in [3.8, 4) is 0 Å². The van der Waals surface area contributed by atoms with Crippen molar-refractivity contribution in [1.29, 1.82) is 0 Å². The molecule has 1 aromatic carbocycles. The van der Waals surface area contributed by atoms with Gasteiger partial charge in [0, 0.05) is 4.47 Å². The molecular weight excluding hydrogens is 370 g/mol. The number of hydrogen-bond donors (Lipinski definition) is 1. The minimum atomic E-state index is -3.95. The molecule has 0 bridgehead atoms. The highest BCUT2D eigenvalue weighted by Gasteiger charge is 2.20. The first-order valence-electron chi connectivity index (χ1n) is 5.82. The van der Waals surface area contributed by atoms with Gasteiger partial charge in [-0.25, -0.2) is 18.4 Å². The van der Waals surface area contributed by atoms with E-state index in [4.69, 9.17) is 21.5 Å². The molecule has 20 heavy (non-hydrogen) atoms. The summed E-state index contributed by atoms with van der Waals surface area (Å²) in [5.74, 6) is -0.281. The molecule has 5 nitrogen and oxygen atoms in total. The Morgan fingerprint density at radius 3 is 2.55 bits per heavy atom. The van der Waals surface area contributed by atoms with Gasteiger partial charge < -0.3 is 4.74 Å². The number of carbonyl (C=O) groups excluding carboxylic acids is 1. The SMILES string of the molecule is CC(C)CCOC(=O)c1cc(S(N)(=O)=O)c(Br)cc1Cl. The van der Waals surface area contributed by atoms with Gasteiger partial charge in [-0.1, -0.05) is 25.4 Å². The van der Waals surface area contributed by atoms with Crippen LogP contribution in [0.25, 0.3) is 0 Å². The summed E-state index contributed by atoms with van der Waals surface area (Å²) in [5.41, 5.74) is -0.0253. The smallest absolute Gasteiger partial charge is 0.339 e. The van der Waals surface area contributed by atoms with Crippen molar-refractivity contribution in [1.82, 2.24) is 0 Å². The Hall–Kier alpha value is -0.630. The zero-order chi connectivity index (χ0) is 15.5. The highest BCUT2D eigenvalue weighted by atomic mass is 79.9. The Labute approximate surface area is 131 Å². The number of ether oxygens (including phenoxy) is 1. The van der Waals surface area contributed by atoms with Gasteiger partial charge in [0.1, 0.15) is 0 Å². The molecule has 0 saturated carbocycles. The van der Waals surface area contributed by atoms with Gasteiger partial charge in [0.25, 0.3) is 0 Å². The molecule has 0 saturated heterocycles. The van der Waals surface area contributed by atoms with E-state index in [0.717, 1.165) is 6.07 Å². The van der Waals surface area contributed by atoms with E-state index in [-0.39, 0.29) is 26.6 Å². The summed E-state index contributed by atoms with van der Waals surface area (Å²) in [4.78, 5) is 11.7. The molecule has 0 aliphatic carbocycles. The second-order valence-corrected chi connectivity index (χ2v) is 7.42. The van der Waals surface area contributed by atoms with Crippen LogP contribution >= 0.6 is 27.5 Å². The van der Waals surface area contributed by atoms with Gasteiger partial charge in [-0.15, -0.1) is 0 Å². The van der Waals surface area contributed by atoms with E-state index in [0.29, 0.717) is 12.3 Å². The Balaban J connectivity index is 3.04. The maximum atomic E-state index is 11.9. The minimum absolute atomic E-state index is 0.0253. The molecule has 0 atom stereocenters. The van der Waals surface area contributed by atoms with E-state index >= 15 is 0 Å². The van der Waals surface area contributed by atoms with Crippen molar-refractivity contribution in [2.45, 2.75) is 25.2 Å². The maximum Gasteiger partial charge on any atom is 0.339 e. The third kappa shape index (κ3) is 4.73. The van der Waals surface area contributed by atoms with Gasteiger partial charge in [-0.05, 0) is 40.4 Å². The van der Waals surface area contributed by atoms with Crippen molar-refractivity contribution in [3.63, 3.8) is 0 Å². The number of halogens is 2. The molecule has 0 aliphatic heterocycles. The first-order valence-corrected chi connectivity index (χ1v) is 8.53. The van der Waals surface area contributed by atoms with Gasteiger partial charge in [-0.3, -0.25) is 0 Å². The lowest BCUT2D eigenvalue weighted by Crippen LogP contribution is -2.15. The summed E-state index contributed by atoms with van der Waals surface area (Å²) in [6.07, 6.45) is 0.710. The number of carbonyl (C=O) groups is 1. The van der Waals surface area contributed by atoms with Crippen molar-refractivity contribution in [2.24, 2.45) is 11.1 Å². The fraction of sp³-hybridized carbons (Fsp3) is 0.417. The highest BCUT2D eigenvalue weighted by Crippen LogP contribution is 2.28. The van der Waals surface area contributed by atoms with Crippen LogP contribution in [-0.2, 0) is 14.8 Å². The molecule has 0 amide bonds. The Kier molecular flexibility index (Phi) is 6.00. The van der Waals surface area contributed by atoms with Crippen LogP contribution in [0.3, 0.4) is 0 Å². The molecule has 0 fully saturated rings. The van der Waals surface area contributed by atoms with Crippen molar-refractivity contribution in [2.75, 3.05) is 6.61 Å².